The number of nitrogens with one attached hydrogen (secondary N) is 1. The molecule has 1 saturated carbocycles. The maximum absolute atomic E-state index is 6.41. The molecule has 0 spiro atoms. The summed E-state index contributed by atoms with van der Waals surface area (Å²) >= 11 is 0. The van der Waals surface area contributed by atoms with Crippen molar-refractivity contribution in [3.8, 4) is 5.75 Å². The first-order valence-corrected chi connectivity index (χ1v) is 7.27. The average molecular weight is 245 g/mol. The van der Waals surface area contributed by atoms with Gasteiger partial charge in [0.25, 0.3) is 0 Å². The first-order valence-electron chi connectivity index (χ1n) is 7.27. The molecule has 98 valence electrons. The lowest BCUT2D eigenvalue weighted by Crippen LogP contribution is -2.35. The van der Waals surface area contributed by atoms with Crippen LogP contribution in [0.5, 0.6) is 5.75 Å². The number of hydrogen-bond acceptors (Lipinski definition) is 2. The number of fused-ring (bicyclic) bond motifs is 1. The summed E-state index contributed by atoms with van der Waals surface area (Å²) in [6.07, 6.45) is 7.50. The van der Waals surface area contributed by atoms with Gasteiger partial charge in [-0.2, -0.15) is 0 Å². The molecule has 1 aliphatic heterocycles. The van der Waals surface area contributed by atoms with E-state index in [9.17, 15) is 0 Å². The van der Waals surface area contributed by atoms with E-state index in [0.29, 0.717) is 0 Å². The van der Waals surface area contributed by atoms with E-state index in [-0.39, 0.29) is 5.60 Å². The molecule has 1 N–H and O–H groups in total. The summed E-state index contributed by atoms with van der Waals surface area (Å²) in [6, 6.07) is 6.51. The predicted molar refractivity (Wildman–Crippen MR) is 74.0 cm³/mol. The smallest absolute Gasteiger partial charge is 0.123 e. The second kappa shape index (κ2) is 4.93. The van der Waals surface area contributed by atoms with E-state index in [2.05, 4.69) is 30.4 Å². The molecule has 0 aromatic heterocycles. The molecule has 3 rings (SSSR count). The van der Waals surface area contributed by atoms with Gasteiger partial charge in [-0.3, -0.25) is 0 Å². The molecule has 18 heavy (non-hydrogen) atoms. The molecular formula is C16H23NO. The summed E-state index contributed by atoms with van der Waals surface area (Å²) in [5.74, 6) is 1.14. The molecule has 2 aliphatic rings. The third kappa shape index (κ3) is 2.39. The van der Waals surface area contributed by atoms with Crippen LogP contribution in [0.25, 0.3) is 0 Å². The summed E-state index contributed by atoms with van der Waals surface area (Å²) < 4.78 is 6.41. The molecular weight excluding hydrogens is 222 g/mol. The van der Waals surface area contributed by atoms with Crippen LogP contribution >= 0.6 is 0 Å². The second-order valence-electron chi connectivity index (χ2n) is 5.93. The highest BCUT2D eigenvalue weighted by molar-refractivity contribution is 5.42. The fourth-order valence-electron chi connectivity index (χ4n) is 3.26. The standard InChI is InChI=1S/C16H23NO/c1-16(9-3-2-4-10-16)18-15-7-5-6-13-12-17-11-8-14(13)15/h5-7,17H,2-4,8-12H2,1H3. The molecule has 1 aliphatic carbocycles. The summed E-state index contributed by atoms with van der Waals surface area (Å²) in [4.78, 5) is 0. The molecule has 2 heteroatoms. The van der Waals surface area contributed by atoms with E-state index >= 15 is 0 Å². The van der Waals surface area contributed by atoms with E-state index in [1.165, 1.54) is 43.2 Å². The van der Waals surface area contributed by atoms with E-state index in [4.69, 9.17) is 4.74 Å². The third-order valence-electron chi connectivity index (χ3n) is 4.36. The Morgan fingerprint density at radius 3 is 2.83 bits per heavy atom. The molecule has 1 fully saturated rings. The van der Waals surface area contributed by atoms with Gasteiger partial charge < -0.3 is 10.1 Å². The Balaban J connectivity index is 1.83. The summed E-state index contributed by atoms with van der Waals surface area (Å²) in [6.45, 7) is 4.35. The van der Waals surface area contributed by atoms with E-state index < -0.39 is 0 Å². The van der Waals surface area contributed by atoms with Crippen molar-refractivity contribution in [3.63, 3.8) is 0 Å². The van der Waals surface area contributed by atoms with Crippen LogP contribution < -0.4 is 10.1 Å². The quantitative estimate of drug-likeness (QED) is 0.862. The highest BCUT2D eigenvalue weighted by Gasteiger charge is 2.29. The minimum Gasteiger partial charge on any atom is -0.487 e. The Kier molecular flexibility index (Phi) is 3.29. The molecule has 0 amide bonds. The van der Waals surface area contributed by atoms with Crippen LogP contribution in [0, 0.1) is 0 Å². The maximum atomic E-state index is 6.41. The highest BCUT2D eigenvalue weighted by atomic mass is 16.5. The van der Waals surface area contributed by atoms with Crippen molar-refractivity contribution in [3.05, 3.63) is 29.3 Å². The van der Waals surface area contributed by atoms with Crippen LogP contribution in [0.3, 0.4) is 0 Å². The predicted octanol–water partition coefficient (Wildman–Crippen LogP) is 3.43. The van der Waals surface area contributed by atoms with Crippen molar-refractivity contribution in [1.29, 1.82) is 0 Å². The van der Waals surface area contributed by atoms with Crippen LogP contribution in [0.2, 0.25) is 0 Å². The molecule has 0 unspecified atom stereocenters. The van der Waals surface area contributed by atoms with Gasteiger partial charge in [-0.1, -0.05) is 18.6 Å². The van der Waals surface area contributed by atoms with Crippen molar-refractivity contribution < 1.29 is 4.74 Å². The van der Waals surface area contributed by atoms with Gasteiger partial charge in [0.05, 0.1) is 0 Å². The fraction of sp³-hybridized carbons (Fsp3) is 0.625. The van der Waals surface area contributed by atoms with Crippen molar-refractivity contribution in [2.45, 2.75) is 57.6 Å². The number of hydrogen-bond donors (Lipinski definition) is 1. The minimum absolute atomic E-state index is 0.0677. The lowest BCUT2D eigenvalue weighted by Gasteiger charge is -2.35. The van der Waals surface area contributed by atoms with Gasteiger partial charge in [-0.25, -0.2) is 0 Å². The van der Waals surface area contributed by atoms with Crippen molar-refractivity contribution in [2.75, 3.05) is 6.54 Å². The van der Waals surface area contributed by atoms with Crippen LogP contribution in [0.4, 0.5) is 0 Å². The Bertz CT molecular complexity index is 421. The van der Waals surface area contributed by atoms with Crippen molar-refractivity contribution in [2.24, 2.45) is 0 Å². The highest BCUT2D eigenvalue weighted by Crippen LogP contribution is 2.35. The SMILES string of the molecule is CC1(Oc2cccc3c2CCNC3)CCCCC1. The van der Waals surface area contributed by atoms with Crippen LogP contribution in [-0.4, -0.2) is 12.1 Å². The van der Waals surface area contributed by atoms with Gasteiger partial charge in [0.15, 0.2) is 0 Å². The van der Waals surface area contributed by atoms with E-state index in [0.717, 1.165) is 25.3 Å². The maximum Gasteiger partial charge on any atom is 0.123 e. The second-order valence-corrected chi connectivity index (χ2v) is 5.93. The van der Waals surface area contributed by atoms with Gasteiger partial charge in [0.2, 0.25) is 0 Å². The van der Waals surface area contributed by atoms with E-state index in [1.54, 1.807) is 0 Å². The number of benzene rings is 1. The Labute approximate surface area is 110 Å². The first-order chi connectivity index (χ1) is 8.77. The summed E-state index contributed by atoms with van der Waals surface area (Å²) in [7, 11) is 0. The Morgan fingerprint density at radius 1 is 1.17 bits per heavy atom. The molecule has 0 saturated heterocycles. The molecule has 0 radical (unpaired) electrons. The Morgan fingerprint density at radius 2 is 2.00 bits per heavy atom. The molecule has 1 aromatic carbocycles. The molecule has 0 bridgehead atoms. The van der Waals surface area contributed by atoms with Crippen LogP contribution in [0.1, 0.15) is 50.2 Å². The first kappa shape index (κ1) is 12.0. The molecule has 1 aromatic rings. The fourth-order valence-corrected chi connectivity index (χ4v) is 3.26. The topological polar surface area (TPSA) is 21.3 Å². The van der Waals surface area contributed by atoms with Crippen molar-refractivity contribution in [1.82, 2.24) is 5.32 Å². The zero-order chi connectivity index (χ0) is 12.4. The van der Waals surface area contributed by atoms with Gasteiger partial charge in [-0.15, -0.1) is 0 Å². The number of rotatable bonds is 2. The average Bonchev–Trinajstić information content (AvgIpc) is 2.40. The monoisotopic (exact) mass is 245 g/mol. The largest absolute Gasteiger partial charge is 0.487 e. The van der Waals surface area contributed by atoms with Crippen LogP contribution in [0.15, 0.2) is 18.2 Å². The zero-order valence-electron chi connectivity index (χ0n) is 11.3. The summed E-state index contributed by atoms with van der Waals surface area (Å²) in [5.41, 5.74) is 2.92. The summed E-state index contributed by atoms with van der Waals surface area (Å²) in [5, 5.41) is 3.43. The molecule has 1 heterocycles. The Hall–Kier alpha value is -1.02. The van der Waals surface area contributed by atoms with Crippen molar-refractivity contribution >= 4 is 0 Å². The molecule has 2 nitrogen and oxygen atoms in total. The van der Waals surface area contributed by atoms with Gasteiger partial charge in [0, 0.05) is 6.54 Å². The van der Waals surface area contributed by atoms with E-state index in [1.807, 2.05) is 0 Å². The lowest BCUT2D eigenvalue weighted by atomic mass is 9.86. The van der Waals surface area contributed by atoms with Gasteiger partial charge >= 0.3 is 0 Å². The third-order valence-corrected chi connectivity index (χ3v) is 4.36. The number of ether oxygens (including phenoxy) is 1. The normalized spacial score (nSPS) is 22.3. The lowest BCUT2D eigenvalue weighted by molar-refractivity contribution is 0.0475. The minimum atomic E-state index is 0.0677. The van der Waals surface area contributed by atoms with Crippen LogP contribution in [-0.2, 0) is 13.0 Å². The zero-order valence-corrected chi connectivity index (χ0v) is 11.3. The van der Waals surface area contributed by atoms with Gasteiger partial charge in [0.1, 0.15) is 11.4 Å². The van der Waals surface area contributed by atoms with Gasteiger partial charge in [-0.05, 0) is 62.8 Å². The molecule has 0 atom stereocenters.